The predicted molar refractivity (Wildman–Crippen MR) is 51.3 cm³/mol. The Bertz CT molecular complexity index is 460. The maximum atomic E-state index is 11.9. The summed E-state index contributed by atoms with van der Waals surface area (Å²) in [6.45, 7) is -2.84. The van der Waals surface area contributed by atoms with Crippen LogP contribution in [-0.4, -0.2) is 11.6 Å². The van der Waals surface area contributed by atoms with E-state index in [0.717, 1.165) is 4.70 Å². The zero-order valence-corrected chi connectivity index (χ0v) is 8.28. The Morgan fingerprint density at radius 2 is 2.21 bits per heavy atom. The Morgan fingerprint density at radius 1 is 1.43 bits per heavy atom. The standard InChI is InChI=1S/C8H4ClF2NOS/c9-5-1-4(13-8(10)11)2-6-7(5)12-3-14-6/h1-3,8H. The van der Waals surface area contributed by atoms with Gasteiger partial charge >= 0.3 is 6.61 Å². The van der Waals surface area contributed by atoms with Crippen LogP contribution in [0.2, 0.25) is 5.02 Å². The number of benzene rings is 1. The van der Waals surface area contributed by atoms with Gasteiger partial charge in [-0.05, 0) is 6.07 Å². The highest BCUT2D eigenvalue weighted by molar-refractivity contribution is 7.16. The molecule has 0 saturated carbocycles. The van der Waals surface area contributed by atoms with Crippen molar-refractivity contribution in [3.05, 3.63) is 22.7 Å². The van der Waals surface area contributed by atoms with Gasteiger partial charge in [-0.25, -0.2) is 4.98 Å². The molecule has 0 aliphatic heterocycles. The molecule has 0 saturated heterocycles. The number of rotatable bonds is 2. The van der Waals surface area contributed by atoms with E-state index in [0.29, 0.717) is 10.5 Å². The maximum Gasteiger partial charge on any atom is 0.387 e. The fourth-order valence-electron chi connectivity index (χ4n) is 1.07. The van der Waals surface area contributed by atoms with Gasteiger partial charge in [0, 0.05) is 6.07 Å². The third-order valence-corrected chi connectivity index (χ3v) is 2.65. The fourth-order valence-corrected chi connectivity index (χ4v) is 2.12. The lowest BCUT2D eigenvalue weighted by atomic mass is 10.3. The topological polar surface area (TPSA) is 22.1 Å². The summed E-state index contributed by atoms with van der Waals surface area (Å²) in [6.07, 6.45) is 0. The van der Waals surface area contributed by atoms with Crippen molar-refractivity contribution in [3.63, 3.8) is 0 Å². The molecule has 6 heteroatoms. The van der Waals surface area contributed by atoms with Crippen molar-refractivity contribution in [2.75, 3.05) is 0 Å². The highest BCUT2D eigenvalue weighted by atomic mass is 35.5. The second-order valence-corrected chi connectivity index (χ2v) is 3.78. The Labute approximate surface area is 87.1 Å². The van der Waals surface area contributed by atoms with Gasteiger partial charge in [0.05, 0.1) is 15.2 Å². The first-order valence-electron chi connectivity index (χ1n) is 3.64. The number of thiazole rings is 1. The van der Waals surface area contributed by atoms with E-state index in [1.165, 1.54) is 23.5 Å². The molecule has 0 atom stereocenters. The third-order valence-electron chi connectivity index (χ3n) is 1.59. The van der Waals surface area contributed by atoms with E-state index in [4.69, 9.17) is 11.6 Å². The highest BCUT2D eigenvalue weighted by Crippen LogP contribution is 2.31. The largest absolute Gasteiger partial charge is 0.435 e. The molecule has 0 unspecified atom stereocenters. The lowest BCUT2D eigenvalue weighted by Gasteiger charge is -2.04. The summed E-state index contributed by atoms with van der Waals surface area (Å²) in [6, 6.07) is 2.82. The highest BCUT2D eigenvalue weighted by Gasteiger charge is 2.09. The molecular weight excluding hydrogens is 232 g/mol. The Hall–Kier alpha value is -0.940. The van der Waals surface area contributed by atoms with E-state index >= 15 is 0 Å². The molecule has 0 bridgehead atoms. The second kappa shape index (κ2) is 3.67. The van der Waals surface area contributed by atoms with Crippen LogP contribution in [0.4, 0.5) is 8.78 Å². The van der Waals surface area contributed by atoms with Gasteiger partial charge in [0.2, 0.25) is 0 Å². The van der Waals surface area contributed by atoms with Crippen LogP contribution in [-0.2, 0) is 0 Å². The number of ether oxygens (including phenoxy) is 1. The summed E-state index contributed by atoms with van der Waals surface area (Å²) in [5.74, 6) is 0.0572. The summed E-state index contributed by atoms with van der Waals surface area (Å²) in [5.41, 5.74) is 2.21. The van der Waals surface area contributed by atoms with Gasteiger partial charge < -0.3 is 4.74 Å². The lowest BCUT2D eigenvalue weighted by Crippen LogP contribution is -2.01. The average Bonchev–Trinajstić information content (AvgIpc) is 2.50. The summed E-state index contributed by atoms with van der Waals surface area (Å²) in [5, 5.41) is 0.319. The molecule has 74 valence electrons. The normalized spacial score (nSPS) is 11.1. The first kappa shape index (κ1) is 9.61. The van der Waals surface area contributed by atoms with Crippen molar-refractivity contribution in [1.29, 1.82) is 0 Å². The van der Waals surface area contributed by atoms with Gasteiger partial charge in [0.1, 0.15) is 11.3 Å². The van der Waals surface area contributed by atoms with Crippen molar-refractivity contribution < 1.29 is 13.5 Å². The van der Waals surface area contributed by atoms with Gasteiger partial charge in [-0.3, -0.25) is 0 Å². The number of nitrogens with zero attached hydrogens (tertiary/aromatic N) is 1. The molecule has 0 radical (unpaired) electrons. The molecule has 0 N–H and O–H groups in total. The molecule has 1 aromatic heterocycles. The minimum Gasteiger partial charge on any atom is -0.435 e. The number of fused-ring (bicyclic) bond motifs is 1. The van der Waals surface area contributed by atoms with Crippen molar-refractivity contribution in [1.82, 2.24) is 4.98 Å². The van der Waals surface area contributed by atoms with Crippen LogP contribution in [0.1, 0.15) is 0 Å². The van der Waals surface area contributed by atoms with Crippen LogP contribution < -0.4 is 4.74 Å². The smallest absolute Gasteiger partial charge is 0.387 e. The number of halogens is 3. The zero-order chi connectivity index (χ0) is 10.1. The molecule has 0 amide bonds. The minimum atomic E-state index is -2.84. The fraction of sp³-hybridized carbons (Fsp3) is 0.125. The lowest BCUT2D eigenvalue weighted by molar-refractivity contribution is -0.0497. The van der Waals surface area contributed by atoms with E-state index in [9.17, 15) is 8.78 Å². The van der Waals surface area contributed by atoms with Crippen molar-refractivity contribution in [2.24, 2.45) is 0 Å². The number of alkyl halides is 2. The van der Waals surface area contributed by atoms with E-state index in [-0.39, 0.29) is 5.75 Å². The molecular formula is C8H4ClF2NOS. The van der Waals surface area contributed by atoms with E-state index in [1.807, 2.05) is 0 Å². The van der Waals surface area contributed by atoms with Gasteiger partial charge in [-0.2, -0.15) is 8.78 Å². The SMILES string of the molecule is FC(F)Oc1cc(Cl)c2ncsc2c1. The number of hydrogen-bond donors (Lipinski definition) is 0. The molecule has 0 aliphatic carbocycles. The third kappa shape index (κ3) is 1.78. The monoisotopic (exact) mass is 235 g/mol. The van der Waals surface area contributed by atoms with Crippen molar-refractivity contribution >= 4 is 33.2 Å². The molecule has 2 rings (SSSR count). The Morgan fingerprint density at radius 3 is 2.93 bits per heavy atom. The predicted octanol–water partition coefficient (Wildman–Crippen LogP) is 3.55. The molecule has 2 nitrogen and oxygen atoms in total. The van der Waals surface area contributed by atoms with E-state index < -0.39 is 6.61 Å². The molecule has 0 spiro atoms. The van der Waals surface area contributed by atoms with Gasteiger partial charge in [0.15, 0.2) is 0 Å². The van der Waals surface area contributed by atoms with Crippen LogP contribution >= 0.6 is 22.9 Å². The molecule has 2 aromatic rings. The summed E-state index contributed by atoms with van der Waals surface area (Å²) in [4.78, 5) is 3.98. The second-order valence-electron chi connectivity index (χ2n) is 2.48. The Kier molecular flexibility index (Phi) is 2.52. The van der Waals surface area contributed by atoms with Crippen LogP contribution in [0.15, 0.2) is 17.6 Å². The van der Waals surface area contributed by atoms with E-state index in [1.54, 1.807) is 5.51 Å². The maximum absolute atomic E-state index is 11.9. The van der Waals surface area contributed by atoms with Gasteiger partial charge in [-0.1, -0.05) is 11.6 Å². The van der Waals surface area contributed by atoms with Crippen LogP contribution in [0.5, 0.6) is 5.75 Å². The van der Waals surface area contributed by atoms with Gasteiger partial charge in [-0.15, -0.1) is 11.3 Å². The molecule has 0 aliphatic rings. The van der Waals surface area contributed by atoms with Crippen molar-refractivity contribution in [3.8, 4) is 5.75 Å². The first-order valence-corrected chi connectivity index (χ1v) is 4.90. The zero-order valence-electron chi connectivity index (χ0n) is 6.71. The van der Waals surface area contributed by atoms with Crippen LogP contribution in [0.25, 0.3) is 10.2 Å². The molecule has 14 heavy (non-hydrogen) atoms. The summed E-state index contributed by atoms with van der Waals surface area (Å²) < 4.78 is 28.8. The molecule has 1 aromatic carbocycles. The number of hydrogen-bond acceptors (Lipinski definition) is 3. The Balaban J connectivity index is 2.47. The quantitative estimate of drug-likeness (QED) is 0.794. The van der Waals surface area contributed by atoms with Crippen molar-refractivity contribution in [2.45, 2.75) is 6.61 Å². The van der Waals surface area contributed by atoms with Crippen LogP contribution in [0, 0.1) is 0 Å². The summed E-state index contributed by atoms with van der Waals surface area (Å²) in [7, 11) is 0. The minimum absolute atomic E-state index is 0.0572. The first-order chi connectivity index (χ1) is 6.66. The van der Waals surface area contributed by atoms with Gasteiger partial charge in [0.25, 0.3) is 0 Å². The van der Waals surface area contributed by atoms with Crippen LogP contribution in [0.3, 0.4) is 0 Å². The summed E-state index contributed by atoms with van der Waals surface area (Å²) >= 11 is 7.13. The van der Waals surface area contributed by atoms with E-state index in [2.05, 4.69) is 9.72 Å². The molecule has 1 heterocycles. The number of aromatic nitrogens is 1. The molecule has 0 fully saturated rings. The average molecular weight is 236 g/mol.